The smallest absolute Gasteiger partial charge is 0.151 e. The fraction of sp³-hybridized carbons (Fsp3) is 0.333. The first-order valence-electron chi connectivity index (χ1n) is 5.50. The third kappa shape index (κ3) is 2.63. The second-order valence-corrected chi connectivity index (χ2v) is 5.25. The van der Waals surface area contributed by atoms with E-state index in [9.17, 15) is 0 Å². The van der Waals surface area contributed by atoms with Crippen molar-refractivity contribution in [3.63, 3.8) is 0 Å². The number of rotatable bonds is 4. The van der Waals surface area contributed by atoms with Crippen LogP contribution in [0, 0.1) is 0 Å². The van der Waals surface area contributed by atoms with Crippen molar-refractivity contribution < 1.29 is 4.74 Å². The average Bonchev–Trinajstić information content (AvgIpc) is 2.87. The Morgan fingerprint density at radius 1 is 1.39 bits per heavy atom. The van der Waals surface area contributed by atoms with Gasteiger partial charge in [-0.15, -0.1) is 10.2 Å². The summed E-state index contributed by atoms with van der Waals surface area (Å²) in [5.41, 5.74) is 0.911. The van der Waals surface area contributed by atoms with Gasteiger partial charge in [-0.05, 0) is 32.2 Å². The Morgan fingerprint density at radius 3 is 2.83 bits per heavy atom. The lowest BCUT2D eigenvalue weighted by atomic mass is 10.2. The molecule has 0 bridgehead atoms. The molecule has 1 aromatic heterocycles. The van der Waals surface area contributed by atoms with Crippen molar-refractivity contribution in [1.29, 1.82) is 0 Å². The number of methoxy groups -OCH3 is 1. The molecule has 0 spiro atoms. The summed E-state index contributed by atoms with van der Waals surface area (Å²) < 4.78 is 5.32. The third-order valence-corrected chi connectivity index (χ3v) is 4.01. The minimum absolute atomic E-state index is 0.189. The predicted molar refractivity (Wildman–Crippen MR) is 74.4 cm³/mol. The van der Waals surface area contributed by atoms with E-state index in [1.54, 1.807) is 24.5 Å². The van der Waals surface area contributed by atoms with Crippen LogP contribution in [0.1, 0.15) is 18.0 Å². The first-order chi connectivity index (χ1) is 8.65. The van der Waals surface area contributed by atoms with Crippen LogP contribution in [0.2, 0.25) is 5.02 Å². The maximum Gasteiger partial charge on any atom is 0.151 e. The Morgan fingerprint density at radius 2 is 2.17 bits per heavy atom. The van der Waals surface area contributed by atoms with Crippen LogP contribution in [-0.2, 0) is 0 Å². The van der Waals surface area contributed by atoms with Crippen LogP contribution in [0.5, 0.6) is 5.75 Å². The van der Waals surface area contributed by atoms with Crippen LogP contribution in [0.15, 0.2) is 18.2 Å². The quantitative estimate of drug-likeness (QED) is 0.936. The monoisotopic (exact) mass is 283 g/mol. The minimum atomic E-state index is 0.189. The van der Waals surface area contributed by atoms with Gasteiger partial charge < -0.3 is 10.1 Å². The SMILES string of the molecule is CNC(C)c1nnc(-c2ccc(Cl)cc2OC)s1. The average molecular weight is 284 g/mol. The van der Waals surface area contributed by atoms with Crippen molar-refractivity contribution in [2.24, 2.45) is 0 Å². The van der Waals surface area contributed by atoms with E-state index in [2.05, 4.69) is 15.5 Å². The second-order valence-electron chi connectivity index (χ2n) is 3.80. The van der Waals surface area contributed by atoms with Gasteiger partial charge in [-0.2, -0.15) is 0 Å². The van der Waals surface area contributed by atoms with Crippen LogP contribution >= 0.6 is 22.9 Å². The third-order valence-electron chi connectivity index (χ3n) is 2.64. The summed E-state index contributed by atoms with van der Waals surface area (Å²) in [4.78, 5) is 0. The highest BCUT2D eigenvalue weighted by atomic mass is 35.5. The Kier molecular flexibility index (Phi) is 4.16. The summed E-state index contributed by atoms with van der Waals surface area (Å²) in [5, 5.41) is 13.9. The van der Waals surface area contributed by atoms with Crippen molar-refractivity contribution in [2.75, 3.05) is 14.2 Å². The van der Waals surface area contributed by atoms with Gasteiger partial charge in [0.2, 0.25) is 0 Å². The summed E-state index contributed by atoms with van der Waals surface area (Å²) in [5.74, 6) is 0.710. The zero-order valence-corrected chi connectivity index (χ0v) is 12.0. The highest BCUT2D eigenvalue weighted by Crippen LogP contribution is 2.35. The molecule has 0 aliphatic carbocycles. The molecule has 1 atom stereocenters. The molecule has 0 aliphatic heterocycles. The summed E-state index contributed by atoms with van der Waals surface area (Å²) in [6, 6.07) is 5.69. The Labute approximate surface area is 115 Å². The van der Waals surface area contributed by atoms with Gasteiger partial charge in [0.25, 0.3) is 0 Å². The lowest BCUT2D eigenvalue weighted by molar-refractivity contribution is 0.416. The van der Waals surface area contributed by atoms with E-state index in [4.69, 9.17) is 16.3 Å². The van der Waals surface area contributed by atoms with Crippen molar-refractivity contribution in [3.05, 3.63) is 28.2 Å². The van der Waals surface area contributed by atoms with E-state index in [0.29, 0.717) is 10.8 Å². The summed E-state index contributed by atoms with van der Waals surface area (Å²) in [6.07, 6.45) is 0. The maximum absolute atomic E-state index is 5.94. The molecular formula is C12H14ClN3OS. The molecule has 0 saturated heterocycles. The van der Waals surface area contributed by atoms with E-state index >= 15 is 0 Å². The standard InChI is InChI=1S/C12H14ClN3OS/c1-7(14-2)11-15-16-12(18-11)9-5-4-8(13)6-10(9)17-3/h4-7,14H,1-3H3. The Balaban J connectivity index is 2.39. The first-order valence-corrected chi connectivity index (χ1v) is 6.69. The number of ether oxygens (including phenoxy) is 1. The lowest BCUT2D eigenvalue weighted by Crippen LogP contribution is -2.11. The van der Waals surface area contributed by atoms with Gasteiger partial charge in [0.05, 0.1) is 18.7 Å². The van der Waals surface area contributed by atoms with Gasteiger partial charge in [0.15, 0.2) is 5.01 Å². The van der Waals surface area contributed by atoms with Crippen LogP contribution < -0.4 is 10.1 Å². The van der Waals surface area contributed by atoms with Gasteiger partial charge in [0, 0.05) is 5.02 Å². The molecule has 6 heteroatoms. The molecule has 1 aromatic carbocycles. The van der Waals surface area contributed by atoms with Crippen LogP contribution in [-0.4, -0.2) is 24.4 Å². The molecule has 2 rings (SSSR count). The predicted octanol–water partition coefficient (Wildman–Crippen LogP) is 3.15. The Hall–Kier alpha value is -1.17. The molecule has 4 nitrogen and oxygen atoms in total. The van der Waals surface area contributed by atoms with Crippen LogP contribution in [0.3, 0.4) is 0 Å². The molecule has 1 unspecified atom stereocenters. The van der Waals surface area contributed by atoms with Crippen molar-refractivity contribution >= 4 is 22.9 Å². The normalized spacial score (nSPS) is 12.4. The number of nitrogens with one attached hydrogen (secondary N) is 1. The fourth-order valence-electron chi connectivity index (χ4n) is 1.48. The fourth-order valence-corrected chi connectivity index (χ4v) is 2.58. The summed E-state index contributed by atoms with van der Waals surface area (Å²) >= 11 is 7.48. The highest BCUT2D eigenvalue weighted by Gasteiger charge is 2.14. The van der Waals surface area contributed by atoms with Gasteiger partial charge in [0.1, 0.15) is 10.8 Å². The molecular weight excluding hydrogens is 270 g/mol. The molecule has 2 aromatic rings. The number of nitrogens with zero attached hydrogens (tertiary/aromatic N) is 2. The number of halogens is 1. The van der Waals surface area contributed by atoms with Crippen molar-refractivity contribution in [1.82, 2.24) is 15.5 Å². The molecule has 0 aliphatic rings. The molecule has 0 fully saturated rings. The maximum atomic E-state index is 5.94. The molecule has 0 saturated carbocycles. The zero-order chi connectivity index (χ0) is 13.1. The van der Waals surface area contributed by atoms with Gasteiger partial charge in [-0.1, -0.05) is 22.9 Å². The number of aromatic nitrogens is 2. The van der Waals surface area contributed by atoms with E-state index in [-0.39, 0.29) is 6.04 Å². The lowest BCUT2D eigenvalue weighted by Gasteiger charge is -2.06. The largest absolute Gasteiger partial charge is 0.496 e. The summed E-state index contributed by atoms with van der Waals surface area (Å²) in [6.45, 7) is 2.05. The Bertz CT molecular complexity index is 544. The molecule has 1 N–H and O–H groups in total. The van der Waals surface area contributed by atoms with Crippen LogP contribution in [0.4, 0.5) is 0 Å². The van der Waals surface area contributed by atoms with E-state index in [0.717, 1.165) is 15.6 Å². The van der Waals surface area contributed by atoms with E-state index in [1.165, 1.54) is 0 Å². The molecule has 18 heavy (non-hydrogen) atoms. The minimum Gasteiger partial charge on any atom is -0.496 e. The van der Waals surface area contributed by atoms with Gasteiger partial charge >= 0.3 is 0 Å². The van der Waals surface area contributed by atoms with Gasteiger partial charge in [-0.3, -0.25) is 0 Å². The topological polar surface area (TPSA) is 47.0 Å². The molecule has 1 heterocycles. The molecule has 96 valence electrons. The summed E-state index contributed by atoms with van der Waals surface area (Å²) in [7, 11) is 3.52. The number of benzene rings is 1. The van der Waals surface area contributed by atoms with E-state index < -0.39 is 0 Å². The number of hydrogen-bond acceptors (Lipinski definition) is 5. The van der Waals surface area contributed by atoms with Gasteiger partial charge in [-0.25, -0.2) is 0 Å². The van der Waals surface area contributed by atoms with Crippen LogP contribution in [0.25, 0.3) is 10.6 Å². The van der Waals surface area contributed by atoms with Crippen molar-refractivity contribution in [2.45, 2.75) is 13.0 Å². The van der Waals surface area contributed by atoms with E-state index in [1.807, 2.05) is 26.1 Å². The highest BCUT2D eigenvalue weighted by molar-refractivity contribution is 7.14. The zero-order valence-electron chi connectivity index (χ0n) is 10.4. The van der Waals surface area contributed by atoms with Crippen molar-refractivity contribution in [3.8, 4) is 16.3 Å². The second kappa shape index (κ2) is 5.65. The first kappa shape index (κ1) is 13.3. The molecule has 0 amide bonds. The number of hydrogen-bond donors (Lipinski definition) is 1. The molecule has 0 radical (unpaired) electrons.